The number of anilines is 1. The van der Waals surface area contributed by atoms with Crippen LogP contribution in [0.1, 0.15) is 21.5 Å². The van der Waals surface area contributed by atoms with Crippen LogP contribution in [0.4, 0.5) is 5.69 Å². The van der Waals surface area contributed by atoms with E-state index in [0.717, 1.165) is 5.56 Å². The monoisotopic (exact) mass is 257 g/mol. The van der Waals surface area contributed by atoms with Crippen LogP contribution in [0.15, 0.2) is 36.4 Å². The summed E-state index contributed by atoms with van der Waals surface area (Å²) in [4.78, 5) is 12.1. The smallest absolute Gasteiger partial charge is 0.259 e. The summed E-state index contributed by atoms with van der Waals surface area (Å²) in [6.45, 7) is 3.55. The number of rotatable bonds is 2. The molecule has 0 aliphatic carbocycles. The van der Waals surface area contributed by atoms with Crippen molar-refractivity contribution in [3.8, 4) is 11.5 Å². The van der Waals surface area contributed by atoms with Crippen LogP contribution in [0.3, 0.4) is 0 Å². The molecular weight excluding hydrogens is 242 g/mol. The number of hydrogen-bond donors (Lipinski definition) is 3. The van der Waals surface area contributed by atoms with E-state index in [1.165, 1.54) is 6.07 Å². The quantitative estimate of drug-likeness (QED) is 0.774. The van der Waals surface area contributed by atoms with E-state index >= 15 is 0 Å². The standard InChI is InChI=1S/C15H15NO3/c1-9-6-7-14(18)11(8-9)15(19)16-12-4-3-5-13(17)10(12)2/h3-8,17-18H,1-2H3,(H,16,19). The first-order valence-corrected chi connectivity index (χ1v) is 5.88. The third-order valence-electron chi connectivity index (χ3n) is 2.95. The highest BCUT2D eigenvalue weighted by atomic mass is 16.3. The number of phenolic OH excluding ortho intramolecular Hbond substituents is 2. The number of carbonyl (C=O) groups excluding carboxylic acids is 1. The summed E-state index contributed by atoms with van der Waals surface area (Å²) in [6, 6.07) is 9.72. The summed E-state index contributed by atoms with van der Waals surface area (Å²) in [5, 5.41) is 22.0. The highest BCUT2D eigenvalue weighted by Crippen LogP contribution is 2.25. The minimum Gasteiger partial charge on any atom is -0.508 e. The molecule has 4 nitrogen and oxygen atoms in total. The van der Waals surface area contributed by atoms with Crippen LogP contribution in [-0.2, 0) is 0 Å². The maximum Gasteiger partial charge on any atom is 0.259 e. The van der Waals surface area contributed by atoms with Gasteiger partial charge < -0.3 is 15.5 Å². The van der Waals surface area contributed by atoms with Gasteiger partial charge in [0.25, 0.3) is 5.91 Å². The fourth-order valence-electron chi connectivity index (χ4n) is 1.78. The van der Waals surface area contributed by atoms with Crippen molar-refractivity contribution >= 4 is 11.6 Å². The van der Waals surface area contributed by atoms with Gasteiger partial charge in [0.2, 0.25) is 0 Å². The fourth-order valence-corrected chi connectivity index (χ4v) is 1.78. The molecule has 0 spiro atoms. The number of aromatic hydroxyl groups is 2. The average molecular weight is 257 g/mol. The molecule has 0 heterocycles. The molecule has 2 aromatic carbocycles. The normalized spacial score (nSPS) is 10.2. The highest BCUT2D eigenvalue weighted by Gasteiger charge is 2.13. The van der Waals surface area contributed by atoms with Crippen molar-refractivity contribution in [1.29, 1.82) is 0 Å². The summed E-state index contributed by atoms with van der Waals surface area (Å²) in [5.41, 5.74) is 2.20. The Hall–Kier alpha value is -2.49. The molecule has 2 rings (SSSR count). The Balaban J connectivity index is 2.31. The van der Waals surface area contributed by atoms with Crippen LogP contribution in [0, 0.1) is 13.8 Å². The Morgan fingerprint density at radius 2 is 1.79 bits per heavy atom. The van der Waals surface area contributed by atoms with Crippen molar-refractivity contribution in [2.24, 2.45) is 0 Å². The van der Waals surface area contributed by atoms with Crippen LogP contribution in [0.25, 0.3) is 0 Å². The third kappa shape index (κ3) is 2.68. The zero-order chi connectivity index (χ0) is 14.0. The second-order valence-corrected chi connectivity index (χ2v) is 4.42. The number of nitrogens with one attached hydrogen (secondary N) is 1. The molecular formula is C15H15NO3. The largest absolute Gasteiger partial charge is 0.508 e. The van der Waals surface area contributed by atoms with E-state index in [9.17, 15) is 15.0 Å². The molecule has 2 aromatic rings. The van der Waals surface area contributed by atoms with Gasteiger partial charge in [0, 0.05) is 11.3 Å². The molecule has 0 aliphatic rings. The lowest BCUT2D eigenvalue weighted by Crippen LogP contribution is -2.13. The van der Waals surface area contributed by atoms with E-state index in [-0.39, 0.29) is 17.1 Å². The summed E-state index contributed by atoms with van der Waals surface area (Å²) >= 11 is 0. The topological polar surface area (TPSA) is 69.6 Å². The van der Waals surface area contributed by atoms with Crippen molar-refractivity contribution < 1.29 is 15.0 Å². The van der Waals surface area contributed by atoms with Crippen LogP contribution >= 0.6 is 0 Å². The zero-order valence-corrected chi connectivity index (χ0v) is 10.8. The molecule has 0 fully saturated rings. The number of aryl methyl sites for hydroxylation is 1. The fraction of sp³-hybridized carbons (Fsp3) is 0.133. The van der Waals surface area contributed by atoms with Gasteiger partial charge in [-0.25, -0.2) is 0 Å². The summed E-state index contributed by atoms with van der Waals surface area (Å²) < 4.78 is 0. The second kappa shape index (κ2) is 5.02. The van der Waals surface area contributed by atoms with E-state index in [0.29, 0.717) is 11.3 Å². The Morgan fingerprint density at radius 1 is 1.05 bits per heavy atom. The molecule has 0 saturated carbocycles. The van der Waals surface area contributed by atoms with Gasteiger partial charge in [-0.2, -0.15) is 0 Å². The molecule has 0 unspecified atom stereocenters. The number of benzene rings is 2. The molecule has 0 aromatic heterocycles. The molecule has 19 heavy (non-hydrogen) atoms. The maximum atomic E-state index is 12.1. The predicted molar refractivity (Wildman–Crippen MR) is 73.6 cm³/mol. The maximum absolute atomic E-state index is 12.1. The molecule has 1 amide bonds. The van der Waals surface area contributed by atoms with E-state index in [1.807, 2.05) is 6.92 Å². The van der Waals surface area contributed by atoms with E-state index in [4.69, 9.17) is 0 Å². The van der Waals surface area contributed by atoms with Crippen LogP contribution in [0.5, 0.6) is 11.5 Å². The van der Waals surface area contributed by atoms with Crippen molar-refractivity contribution in [2.45, 2.75) is 13.8 Å². The van der Waals surface area contributed by atoms with Crippen LogP contribution in [-0.4, -0.2) is 16.1 Å². The molecule has 0 bridgehead atoms. The van der Waals surface area contributed by atoms with Gasteiger partial charge >= 0.3 is 0 Å². The van der Waals surface area contributed by atoms with Gasteiger partial charge in [-0.1, -0.05) is 17.7 Å². The Morgan fingerprint density at radius 3 is 2.53 bits per heavy atom. The Bertz CT molecular complexity index is 635. The molecule has 0 atom stereocenters. The average Bonchev–Trinajstić information content (AvgIpc) is 2.38. The van der Waals surface area contributed by atoms with Crippen molar-refractivity contribution in [2.75, 3.05) is 5.32 Å². The van der Waals surface area contributed by atoms with E-state index in [1.54, 1.807) is 37.3 Å². The molecule has 0 radical (unpaired) electrons. The summed E-state index contributed by atoms with van der Waals surface area (Å²) in [5.74, 6) is -0.359. The lowest BCUT2D eigenvalue weighted by molar-refractivity contribution is 0.102. The molecule has 4 heteroatoms. The highest BCUT2D eigenvalue weighted by molar-refractivity contribution is 6.06. The minimum atomic E-state index is -0.408. The van der Waals surface area contributed by atoms with Gasteiger partial charge in [-0.15, -0.1) is 0 Å². The number of hydrogen-bond acceptors (Lipinski definition) is 3. The molecule has 0 aliphatic heterocycles. The molecule has 98 valence electrons. The van der Waals surface area contributed by atoms with E-state index in [2.05, 4.69) is 5.32 Å². The van der Waals surface area contributed by atoms with Gasteiger partial charge in [0.1, 0.15) is 11.5 Å². The predicted octanol–water partition coefficient (Wildman–Crippen LogP) is 2.97. The van der Waals surface area contributed by atoms with Gasteiger partial charge in [0.15, 0.2) is 0 Å². The van der Waals surface area contributed by atoms with Crippen LogP contribution in [0.2, 0.25) is 0 Å². The first-order valence-electron chi connectivity index (χ1n) is 5.88. The first-order chi connectivity index (χ1) is 8.99. The lowest BCUT2D eigenvalue weighted by atomic mass is 10.1. The number of carbonyl (C=O) groups is 1. The number of phenols is 2. The summed E-state index contributed by atoms with van der Waals surface area (Å²) in [7, 11) is 0. The van der Waals surface area contributed by atoms with Crippen molar-refractivity contribution in [1.82, 2.24) is 0 Å². The first kappa shape index (κ1) is 13.0. The minimum absolute atomic E-state index is 0.0686. The van der Waals surface area contributed by atoms with Crippen LogP contribution < -0.4 is 5.32 Å². The van der Waals surface area contributed by atoms with Gasteiger partial charge in [-0.3, -0.25) is 4.79 Å². The zero-order valence-electron chi connectivity index (χ0n) is 10.8. The molecule has 0 saturated heterocycles. The Labute approximate surface area is 111 Å². The van der Waals surface area contributed by atoms with Gasteiger partial charge in [0.05, 0.1) is 5.56 Å². The molecule has 3 N–H and O–H groups in total. The van der Waals surface area contributed by atoms with E-state index < -0.39 is 5.91 Å². The van der Waals surface area contributed by atoms with Crippen molar-refractivity contribution in [3.63, 3.8) is 0 Å². The SMILES string of the molecule is Cc1ccc(O)c(C(=O)Nc2cccc(O)c2C)c1. The third-order valence-corrected chi connectivity index (χ3v) is 2.95. The summed E-state index contributed by atoms with van der Waals surface area (Å²) in [6.07, 6.45) is 0. The van der Waals surface area contributed by atoms with Crippen molar-refractivity contribution in [3.05, 3.63) is 53.1 Å². The number of amides is 1. The second-order valence-electron chi connectivity index (χ2n) is 4.42. The Kier molecular flexibility index (Phi) is 3.42. The lowest BCUT2D eigenvalue weighted by Gasteiger charge is -2.10. The van der Waals surface area contributed by atoms with Gasteiger partial charge in [-0.05, 0) is 38.1 Å².